The minimum Gasteiger partial charge on any atom is -0.493 e. The highest BCUT2D eigenvalue weighted by molar-refractivity contribution is 6.42. The third-order valence-electron chi connectivity index (χ3n) is 5.29. The van der Waals surface area contributed by atoms with Gasteiger partial charge in [0.25, 0.3) is 0 Å². The summed E-state index contributed by atoms with van der Waals surface area (Å²) >= 11 is 19.4. The van der Waals surface area contributed by atoms with Gasteiger partial charge in [-0.05, 0) is 54.6 Å². The highest BCUT2D eigenvalue weighted by atomic mass is 35.5. The second-order valence-corrected chi connectivity index (χ2v) is 8.35. The van der Waals surface area contributed by atoms with Crippen molar-refractivity contribution in [2.45, 2.75) is 0 Å². The molecule has 6 nitrogen and oxygen atoms in total. The lowest BCUT2D eigenvalue weighted by Gasteiger charge is -2.12. The van der Waals surface area contributed by atoms with Crippen LogP contribution in [0.1, 0.15) is 0 Å². The molecule has 0 saturated heterocycles. The van der Waals surface area contributed by atoms with Gasteiger partial charge >= 0.3 is 0 Å². The van der Waals surface area contributed by atoms with Crippen molar-refractivity contribution >= 4 is 34.8 Å². The van der Waals surface area contributed by atoms with Gasteiger partial charge in [-0.3, -0.25) is 0 Å². The van der Waals surface area contributed by atoms with E-state index in [-0.39, 0.29) is 0 Å². The standard InChI is InChI=1S/C25H21Cl3N2O4/c1-31-19-9-5-14(11-21(19)33-3)24-23(28)25(15-6-10-20(32-2)22(12-15)34-4)30(29-24)16-7-8-17(26)18(27)13-16/h5-13H,1-4H3. The van der Waals surface area contributed by atoms with Gasteiger partial charge in [0.2, 0.25) is 0 Å². The molecule has 0 unspecified atom stereocenters. The van der Waals surface area contributed by atoms with Crippen LogP contribution in [0.3, 0.4) is 0 Å². The summed E-state index contributed by atoms with van der Waals surface area (Å²) in [6, 6.07) is 16.3. The van der Waals surface area contributed by atoms with Gasteiger partial charge in [-0.1, -0.05) is 34.8 Å². The van der Waals surface area contributed by atoms with Gasteiger partial charge in [0.15, 0.2) is 23.0 Å². The van der Waals surface area contributed by atoms with Crippen molar-refractivity contribution in [2.75, 3.05) is 28.4 Å². The minimum absolute atomic E-state index is 0.400. The predicted molar refractivity (Wildman–Crippen MR) is 136 cm³/mol. The van der Waals surface area contributed by atoms with E-state index in [0.717, 1.165) is 11.1 Å². The summed E-state index contributed by atoms with van der Waals surface area (Å²) in [5.41, 5.74) is 3.41. The smallest absolute Gasteiger partial charge is 0.161 e. The van der Waals surface area contributed by atoms with Crippen molar-refractivity contribution in [3.05, 3.63) is 69.7 Å². The second-order valence-electron chi connectivity index (χ2n) is 7.16. The number of methoxy groups -OCH3 is 4. The first kappa shape index (κ1) is 24.1. The molecule has 9 heteroatoms. The van der Waals surface area contributed by atoms with E-state index < -0.39 is 0 Å². The predicted octanol–water partition coefficient (Wildman–Crippen LogP) is 7.20. The van der Waals surface area contributed by atoms with Gasteiger partial charge in [-0.2, -0.15) is 5.10 Å². The van der Waals surface area contributed by atoms with Crippen molar-refractivity contribution in [1.82, 2.24) is 9.78 Å². The van der Waals surface area contributed by atoms with Crippen LogP contribution in [-0.2, 0) is 0 Å². The lowest BCUT2D eigenvalue weighted by atomic mass is 10.1. The summed E-state index contributed by atoms with van der Waals surface area (Å²) in [5.74, 6) is 2.33. The summed E-state index contributed by atoms with van der Waals surface area (Å²) in [5, 5.41) is 6.12. The molecule has 0 saturated carbocycles. The molecule has 0 radical (unpaired) electrons. The van der Waals surface area contributed by atoms with E-state index in [1.54, 1.807) is 51.3 Å². The van der Waals surface area contributed by atoms with E-state index in [9.17, 15) is 0 Å². The molecule has 0 fully saturated rings. The van der Waals surface area contributed by atoms with Gasteiger partial charge in [0, 0.05) is 11.1 Å². The van der Waals surface area contributed by atoms with Crippen LogP contribution in [0.25, 0.3) is 28.2 Å². The van der Waals surface area contributed by atoms with Crippen LogP contribution in [0.2, 0.25) is 15.1 Å². The monoisotopic (exact) mass is 518 g/mol. The van der Waals surface area contributed by atoms with Crippen LogP contribution in [0.4, 0.5) is 0 Å². The molecule has 1 aromatic heterocycles. The molecule has 1 heterocycles. The Hall–Kier alpha value is -3.06. The van der Waals surface area contributed by atoms with Crippen LogP contribution in [0, 0.1) is 0 Å². The molecule has 0 aliphatic carbocycles. The second kappa shape index (κ2) is 10.1. The summed E-state index contributed by atoms with van der Waals surface area (Å²) in [6.45, 7) is 0. The Morgan fingerprint density at radius 2 is 1.18 bits per heavy atom. The Bertz CT molecular complexity index is 1350. The average molecular weight is 520 g/mol. The Morgan fingerprint density at radius 3 is 1.74 bits per heavy atom. The van der Waals surface area contributed by atoms with Crippen LogP contribution in [0.5, 0.6) is 23.0 Å². The maximum atomic E-state index is 6.97. The number of benzene rings is 3. The Labute approximate surface area is 212 Å². The van der Waals surface area contributed by atoms with Crippen molar-refractivity contribution in [2.24, 2.45) is 0 Å². The molecule has 0 aliphatic heterocycles. The lowest BCUT2D eigenvalue weighted by Crippen LogP contribution is -2.00. The number of ether oxygens (including phenoxy) is 4. The van der Waals surface area contributed by atoms with Crippen molar-refractivity contribution in [1.29, 1.82) is 0 Å². The molecular formula is C25H21Cl3N2O4. The maximum Gasteiger partial charge on any atom is 0.161 e. The van der Waals surface area contributed by atoms with E-state index in [0.29, 0.717) is 55.1 Å². The maximum absolute atomic E-state index is 6.97. The van der Waals surface area contributed by atoms with E-state index in [2.05, 4.69) is 0 Å². The Morgan fingerprint density at radius 1 is 0.618 bits per heavy atom. The summed E-state index contributed by atoms with van der Waals surface area (Å²) in [6.07, 6.45) is 0. The van der Waals surface area contributed by atoms with Crippen LogP contribution >= 0.6 is 34.8 Å². The molecule has 0 atom stereocenters. The zero-order valence-electron chi connectivity index (χ0n) is 18.9. The highest BCUT2D eigenvalue weighted by Crippen LogP contribution is 2.42. The van der Waals surface area contributed by atoms with E-state index in [1.807, 2.05) is 36.4 Å². The number of aromatic nitrogens is 2. The first-order chi connectivity index (χ1) is 16.4. The zero-order chi connectivity index (χ0) is 24.4. The van der Waals surface area contributed by atoms with Crippen molar-refractivity contribution < 1.29 is 18.9 Å². The largest absolute Gasteiger partial charge is 0.493 e. The lowest BCUT2D eigenvalue weighted by molar-refractivity contribution is 0.355. The van der Waals surface area contributed by atoms with Gasteiger partial charge in [-0.15, -0.1) is 0 Å². The summed E-state index contributed by atoms with van der Waals surface area (Å²) < 4.78 is 23.4. The topological polar surface area (TPSA) is 54.7 Å². The molecular weight excluding hydrogens is 499 g/mol. The van der Waals surface area contributed by atoms with E-state index in [1.165, 1.54) is 0 Å². The van der Waals surface area contributed by atoms with Gasteiger partial charge in [0.1, 0.15) is 5.69 Å². The summed E-state index contributed by atoms with van der Waals surface area (Å²) in [7, 11) is 6.32. The molecule has 0 N–H and O–H groups in total. The quantitative estimate of drug-likeness (QED) is 0.258. The molecule has 176 valence electrons. The van der Waals surface area contributed by atoms with Gasteiger partial charge < -0.3 is 18.9 Å². The fourth-order valence-corrected chi connectivity index (χ4v) is 4.23. The number of halogens is 3. The van der Waals surface area contributed by atoms with Crippen molar-refractivity contribution in [3.63, 3.8) is 0 Å². The number of hydrogen-bond donors (Lipinski definition) is 0. The number of rotatable bonds is 7. The van der Waals surface area contributed by atoms with Gasteiger partial charge in [-0.25, -0.2) is 4.68 Å². The van der Waals surface area contributed by atoms with Crippen LogP contribution in [0.15, 0.2) is 54.6 Å². The molecule has 4 rings (SSSR count). The minimum atomic E-state index is 0.400. The SMILES string of the molecule is COc1ccc(-c2nn(-c3ccc(Cl)c(Cl)c3)c(-c3ccc(OC)c(OC)c3)c2Cl)cc1OC. The van der Waals surface area contributed by atoms with Crippen LogP contribution < -0.4 is 18.9 Å². The fraction of sp³-hybridized carbons (Fsp3) is 0.160. The Kier molecular flexibility index (Phi) is 7.12. The van der Waals surface area contributed by atoms with E-state index >= 15 is 0 Å². The van der Waals surface area contributed by atoms with Gasteiger partial charge in [0.05, 0.1) is 54.9 Å². The first-order valence-electron chi connectivity index (χ1n) is 10.1. The third kappa shape index (κ3) is 4.37. The Balaban J connectivity index is 1.98. The molecule has 0 spiro atoms. The first-order valence-corrected chi connectivity index (χ1v) is 11.2. The highest BCUT2D eigenvalue weighted by Gasteiger charge is 2.23. The molecule has 3 aromatic carbocycles. The van der Waals surface area contributed by atoms with Crippen molar-refractivity contribution in [3.8, 4) is 51.2 Å². The molecule has 34 heavy (non-hydrogen) atoms. The number of hydrogen-bond acceptors (Lipinski definition) is 5. The zero-order valence-corrected chi connectivity index (χ0v) is 21.1. The normalized spacial score (nSPS) is 10.8. The average Bonchev–Trinajstić information content (AvgIpc) is 3.21. The molecule has 0 amide bonds. The number of nitrogens with zero attached hydrogens (tertiary/aromatic N) is 2. The van der Waals surface area contributed by atoms with E-state index in [4.69, 9.17) is 58.8 Å². The van der Waals surface area contributed by atoms with Crippen LogP contribution in [-0.4, -0.2) is 38.2 Å². The molecule has 4 aromatic rings. The molecule has 0 aliphatic rings. The fourth-order valence-electron chi connectivity index (χ4n) is 3.60. The molecule has 0 bridgehead atoms. The summed E-state index contributed by atoms with van der Waals surface area (Å²) in [4.78, 5) is 0. The third-order valence-corrected chi connectivity index (χ3v) is 6.39.